The van der Waals surface area contributed by atoms with Gasteiger partial charge in [0.15, 0.2) is 6.20 Å². The number of nitrogens with one attached hydrogen (secondary N) is 2. The molecule has 5 heteroatoms. The Bertz CT molecular complexity index is 425. The number of benzene rings is 1. The normalized spacial score (nSPS) is 14.4. The molecule has 1 atom stereocenters. The Balaban J connectivity index is 0.00000162. The summed E-state index contributed by atoms with van der Waals surface area (Å²) in [7, 11) is 0. The van der Waals surface area contributed by atoms with Crippen LogP contribution in [0.3, 0.4) is 0 Å². The van der Waals surface area contributed by atoms with Crippen LogP contribution in [0.25, 0.3) is 0 Å². The second-order valence-corrected chi connectivity index (χ2v) is 4.11. The minimum Gasteiger partial charge on any atom is -1.00 e. The molecule has 0 bridgehead atoms. The Morgan fingerprint density at radius 1 is 1.33 bits per heavy atom. The summed E-state index contributed by atoms with van der Waals surface area (Å²) in [4.78, 5) is 4.24. The third-order valence-electron chi connectivity index (χ3n) is 2.77. The van der Waals surface area contributed by atoms with Crippen molar-refractivity contribution in [1.82, 2.24) is 10.3 Å². The summed E-state index contributed by atoms with van der Waals surface area (Å²) in [6.45, 7) is 2.16. The van der Waals surface area contributed by atoms with Crippen molar-refractivity contribution in [1.29, 1.82) is 0 Å². The first-order chi connectivity index (χ1) is 8.28. The van der Waals surface area contributed by atoms with Gasteiger partial charge in [-0.1, -0.05) is 11.9 Å². The third-order valence-corrected chi connectivity index (χ3v) is 2.77. The largest absolute Gasteiger partial charge is 1.00 e. The quantitative estimate of drug-likeness (QED) is 0.578. The van der Waals surface area contributed by atoms with Gasteiger partial charge in [0.1, 0.15) is 6.20 Å². The molecule has 0 aliphatic carbocycles. The van der Waals surface area contributed by atoms with Gasteiger partial charge < -0.3 is 23.5 Å². The van der Waals surface area contributed by atoms with Crippen molar-refractivity contribution in [3.63, 3.8) is 0 Å². The van der Waals surface area contributed by atoms with Gasteiger partial charge in [-0.15, -0.1) is 0 Å². The Morgan fingerprint density at radius 3 is 2.61 bits per heavy atom. The van der Waals surface area contributed by atoms with Crippen LogP contribution in [0.5, 0.6) is 0 Å². The van der Waals surface area contributed by atoms with E-state index in [9.17, 15) is 0 Å². The van der Waals surface area contributed by atoms with Crippen LogP contribution in [0, 0.1) is 0 Å². The topological polar surface area (TPSA) is 64.2 Å². The molecule has 1 heterocycles. The first-order valence-corrected chi connectivity index (χ1v) is 5.88. The van der Waals surface area contributed by atoms with Gasteiger partial charge in [0.05, 0.1) is 6.42 Å². The monoisotopic (exact) mass is 265 g/mol. The lowest BCUT2D eigenvalue weighted by molar-refractivity contribution is -0.00000373. The van der Waals surface area contributed by atoms with Gasteiger partial charge in [0, 0.05) is 17.4 Å². The first-order valence-electron chi connectivity index (χ1n) is 5.88. The molecular formula is C13H18ClN4. The maximum Gasteiger partial charge on any atom is 0.298 e. The van der Waals surface area contributed by atoms with E-state index in [-0.39, 0.29) is 12.4 Å². The van der Waals surface area contributed by atoms with Crippen LogP contribution < -0.4 is 33.8 Å². The zero-order chi connectivity index (χ0) is 12.1. The summed E-state index contributed by atoms with van der Waals surface area (Å²) in [6, 6.07) is 8.19. The minimum atomic E-state index is 0. The van der Waals surface area contributed by atoms with Gasteiger partial charge in [0.2, 0.25) is 0 Å². The Hall–Kier alpha value is -1.68. The molecule has 0 aromatic heterocycles. The number of halogens is 1. The van der Waals surface area contributed by atoms with Crippen molar-refractivity contribution >= 4 is 17.2 Å². The molecule has 0 fully saturated rings. The highest BCUT2D eigenvalue weighted by atomic mass is 35.5. The first kappa shape index (κ1) is 14.4. The number of aliphatic imine (C=N–C) groups is 1. The van der Waals surface area contributed by atoms with Crippen LogP contribution in [-0.4, -0.2) is 11.9 Å². The van der Waals surface area contributed by atoms with Gasteiger partial charge in [0.25, 0.3) is 5.84 Å². The molecule has 0 spiro atoms. The number of amidine groups is 1. The van der Waals surface area contributed by atoms with E-state index in [2.05, 4.69) is 22.5 Å². The number of hydrogen-bond donors (Lipinski definition) is 3. The van der Waals surface area contributed by atoms with Gasteiger partial charge in [-0.05, 0) is 30.7 Å². The smallest absolute Gasteiger partial charge is 0.298 e. The molecule has 0 amide bonds. The summed E-state index contributed by atoms with van der Waals surface area (Å²) in [5, 5.41) is 6.60. The van der Waals surface area contributed by atoms with Crippen molar-refractivity contribution in [3.05, 3.63) is 36.7 Å². The van der Waals surface area contributed by atoms with Crippen LogP contribution in [0.2, 0.25) is 0 Å². The molecule has 97 valence electrons. The highest BCUT2D eigenvalue weighted by Gasteiger charge is 2.17. The number of rotatable bonds is 5. The minimum absolute atomic E-state index is 0. The molecule has 4 N–H and O–H groups in total. The standard InChI is InChI=1S/C13H18N4.ClH/c1-2-11(9-13-15-7-8-16-13)17-12-5-3-10(14)4-6-12;/h3-8,11,15,17H,2,9,14H2,1H3;1H/q+1;/p-1. The summed E-state index contributed by atoms with van der Waals surface area (Å²) in [6.07, 6.45) is 5.58. The lowest BCUT2D eigenvalue weighted by Crippen LogP contribution is -3.00. The molecule has 1 unspecified atom stereocenters. The molecule has 0 saturated heterocycles. The molecular weight excluding hydrogens is 248 g/mol. The van der Waals surface area contributed by atoms with Crippen molar-refractivity contribution in [2.24, 2.45) is 0 Å². The SMILES string of the molecule is CCC(CC1=[N+]C=CN1)Nc1ccc(N)cc1.[Cl-]. The lowest BCUT2D eigenvalue weighted by atomic mass is 10.1. The fraction of sp³-hybridized carbons (Fsp3) is 0.308. The highest BCUT2D eigenvalue weighted by Crippen LogP contribution is 2.14. The zero-order valence-electron chi connectivity index (χ0n) is 10.4. The summed E-state index contributed by atoms with van der Waals surface area (Å²) < 4.78 is 0. The van der Waals surface area contributed by atoms with E-state index in [1.54, 1.807) is 6.20 Å². The maximum absolute atomic E-state index is 5.66. The van der Waals surface area contributed by atoms with Crippen LogP contribution in [0.4, 0.5) is 11.4 Å². The van der Waals surface area contributed by atoms with Crippen LogP contribution >= 0.6 is 0 Å². The third kappa shape index (κ3) is 3.96. The summed E-state index contributed by atoms with van der Waals surface area (Å²) >= 11 is 0. The summed E-state index contributed by atoms with van der Waals surface area (Å²) in [5.41, 5.74) is 7.54. The van der Waals surface area contributed by atoms with Crippen molar-refractivity contribution in [2.75, 3.05) is 11.1 Å². The second-order valence-electron chi connectivity index (χ2n) is 4.11. The number of nitrogens with two attached hydrogens (primary N) is 1. The Kier molecular flexibility index (Phi) is 5.52. The van der Waals surface area contributed by atoms with Crippen LogP contribution in [-0.2, 0) is 0 Å². The number of anilines is 2. The molecule has 1 aliphatic rings. The molecule has 4 nitrogen and oxygen atoms in total. The lowest BCUT2D eigenvalue weighted by Gasteiger charge is -2.16. The Labute approximate surface area is 114 Å². The van der Waals surface area contributed by atoms with E-state index in [1.165, 1.54) is 0 Å². The average Bonchev–Trinajstić information content (AvgIpc) is 2.84. The molecule has 1 radical (unpaired) electrons. The van der Waals surface area contributed by atoms with Crippen LogP contribution in [0.1, 0.15) is 19.8 Å². The van der Waals surface area contributed by atoms with E-state index in [0.29, 0.717) is 6.04 Å². The zero-order valence-corrected chi connectivity index (χ0v) is 11.1. The maximum atomic E-state index is 5.66. The van der Waals surface area contributed by atoms with E-state index < -0.39 is 0 Å². The van der Waals surface area contributed by atoms with Crippen molar-refractivity contribution < 1.29 is 12.4 Å². The number of hydrogen-bond acceptors (Lipinski definition) is 4. The van der Waals surface area contributed by atoms with Crippen molar-refractivity contribution in [2.45, 2.75) is 25.8 Å². The van der Waals surface area contributed by atoms with Crippen molar-refractivity contribution in [3.8, 4) is 0 Å². The van der Waals surface area contributed by atoms with Gasteiger partial charge in [-0.25, -0.2) is 5.32 Å². The molecule has 0 saturated carbocycles. The van der Waals surface area contributed by atoms with Crippen LogP contribution in [0.15, 0.2) is 36.7 Å². The fourth-order valence-corrected chi connectivity index (χ4v) is 1.76. The van der Waals surface area contributed by atoms with Gasteiger partial charge in [-0.3, -0.25) is 0 Å². The number of nitrogens with zero attached hydrogens (tertiary/aromatic N) is 1. The predicted octanol–water partition coefficient (Wildman–Crippen LogP) is -1.34. The molecule has 18 heavy (non-hydrogen) atoms. The molecule has 1 aliphatic heterocycles. The summed E-state index contributed by atoms with van der Waals surface area (Å²) in [5.74, 6) is 1.01. The average molecular weight is 266 g/mol. The van der Waals surface area contributed by atoms with Gasteiger partial charge in [-0.2, -0.15) is 0 Å². The Morgan fingerprint density at radius 2 is 2.06 bits per heavy atom. The second kappa shape index (κ2) is 6.91. The van der Waals surface area contributed by atoms with E-state index in [4.69, 9.17) is 5.73 Å². The fourth-order valence-electron chi connectivity index (χ4n) is 1.76. The molecule has 1 aromatic carbocycles. The van der Waals surface area contributed by atoms with Gasteiger partial charge >= 0.3 is 0 Å². The predicted molar refractivity (Wildman–Crippen MR) is 72.6 cm³/mol. The molecule has 2 rings (SSSR count). The van der Waals surface area contributed by atoms with E-state index >= 15 is 0 Å². The number of nitrogen functional groups attached to an aromatic ring is 1. The highest BCUT2D eigenvalue weighted by molar-refractivity contribution is 5.84. The van der Waals surface area contributed by atoms with E-state index in [1.807, 2.05) is 30.5 Å². The van der Waals surface area contributed by atoms with E-state index in [0.717, 1.165) is 30.1 Å². The molecule has 1 aromatic rings.